The highest BCUT2D eigenvalue weighted by Gasteiger charge is 2.23. The van der Waals surface area contributed by atoms with E-state index in [4.69, 9.17) is 4.74 Å². The van der Waals surface area contributed by atoms with Gasteiger partial charge in [0.15, 0.2) is 0 Å². The van der Waals surface area contributed by atoms with Crippen LogP contribution in [0.5, 0.6) is 5.75 Å². The summed E-state index contributed by atoms with van der Waals surface area (Å²) in [5.74, 6) is 1.90. The number of hydrogen-bond donors (Lipinski definition) is 1. The van der Waals surface area contributed by atoms with E-state index >= 15 is 0 Å². The molecular formula is C12H14N4O. The minimum absolute atomic E-state index is 0.239. The van der Waals surface area contributed by atoms with Crippen LogP contribution >= 0.6 is 0 Å². The lowest BCUT2D eigenvalue weighted by Gasteiger charge is -2.10. The lowest BCUT2D eigenvalue weighted by atomic mass is 10.1. The Morgan fingerprint density at radius 2 is 2.35 bits per heavy atom. The van der Waals surface area contributed by atoms with E-state index < -0.39 is 0 Å². The molecule has 0 radical (unpaired) electrons. The van der Waals surface area contributed by atoms with Crippen molar-refractivity contribution in [2.45, 2.75) is 12.6 Å². The third-order valence-corrected chi connectivity index (χ3v) is 3.01. The first-order valence-electron chi connectivity index (χ1n) is 5.62. The Hall–Kier alpha value is -1.88. The molecule has 1 aromatic heterocycles. The molecule has 1 aromatic carbocycles. The van der Waals surface area contributed by atoms with Crippen LogP contribution < -0.4 is 10.1 Å². The molecule has 17 heavy (non-hydrogen) atoms. The van der Waals surface area contributed by atoms with Crippen molar-refractivity contribution in [1.82, 2.24) is 20.1 Å². The maximum absolute atomic E-state index is 5.61. The van der Waals surface area contributed by atoms with Crippen LogP contribution in [0.2, 0.25) is 0 Å². The number of rotatable bonds is 3. The quantitative estimate of drug-likeness (QED) is 0.856. The molecule has 0 amide bonds. The molecule has 0 spiro atoms. The molecule has 0 bridgehead atoms. The molecule has 0 aliphatic carbocycles. The fourth-order valence-corrected chi connectivity index (χ4v) is 2.01. The van der Waals surface area contributed by atoms with E-state index in [1.165, 1.54) is 5.56 Å². The Morgan fingerprint density at radius 1 is 1.47 bits per heavy atom. The Morgan fingerprint density at radius 3 is 3.18 bits per heavy atom. The van der Waals surface area contributed by atoms with Crippen LogP contribution in [0.3, 0.4) is 0 Å². The van der Waals surface area contributed by atoms with Gasteiger partial charge in [-0.05, 0) is 6.07 Å². The van der Waals surface area contributed by atoms with Crippen molar-refractivity contribution in [3.05, 3.63) is 42.0 Å². The van der Waals surface area contributed by atoms with Crippen LogP contribution in [-0.2, 0) is 13.6 Å². The number of hydrogen-bond acceptors (Lipinski definition) is 4. The molecule has 3 rings (SSSR count). The minimum atomic E-state index is 0.239. The van der Waals surface area contributed by atoms with Crippen LogP contribution in [0.15, 0.2) is 30.6 Å². The molecule has 2 heterocycles. The van der Waals surface area contributed by atoms with Gasteiger partial charge in [0.05, 0.1) is 12.6 Å². The van der Waals surface area contributed by atoms with Crippen molar-refractivity contribution in [2.75, 3.05) is 6.61 Å². The fraction of sp³-hybridized carbons (Fsp3) is 0.333. The average molecular weight is 230 g/mol. The van der Waals surface area contributed by atoms with Gasteiger partial charge in [-0.25, -0.2) is 0 Å². The van der Waals surface area contributed by atoms with Gasteiger partial charge in [0.25, 0.3) is 0 Å². The van der Waals surface area contributed by atoms with E-state index in [0.717, 1.165) is 11.6 Å². The Bertz CT molecular complexity index is 523. The summed E-state index contributed by atoms with van der Waals surface area (Å²) in [6.07, 6.45) is 1.70. The zero-order valence-electron chi connectivity index (χ0n) is 9.63. The highest BCUT2D eigenvalue weighted by Crippen LogP contribution is 2.31. The monoisotopic (exact) mass is 230 g/mol. The van der Waals surface area contributed by atoms with E-state index in [1.807, 2.05) is 29.8 Å². The maximum atomic E-state index is 5.61. The van der Waals surface area contributed by atoms with Crippen molar-refractivity contribution in [3.8, 4) is 5.75 Å². The number of para-hydroxylation sites is 1. The van der Waals surface area contributed by atoms with Gasteiger partial charge in [-0.1, -0.05) is 18.2 Å². The molecule has 0 saturated heterocycles. The third kappa shape index (κ3) is 1.89. The third-order valence-electron chi connectivity index (χ3n) is 3.01. The lowest BCUT2D eigenvalue weighted by Crippen LogP contribution is -2.23. The van der Waals surface area contributed by atoms with Crippen molar-refractivity contribution in [1.29, 1.82) is 0 Å². The van der Waals surface area contributed by atoms with E-state index in [9.17, 15) is 0 Å². The summed E-state index contributed by atoms with van der Waals surface area (Å²) in [4.78, 5) is 0. The van der Waals surface area contributed by atoms with Crippen LogP contribution in [0.25, 0.3) is 0 Å². The van der Waals surface area contributed by atoms with Gasteiger partial charge in [0, 0.05) is 12.6 Å². The number of nitrogens with zero attached hydrogens (tertiary/aromatic N) is 3. The van der Waals surface area contributed by atoms with Gasteiger partial charge in [0.2, 0.25) is 0 Å². The number of aryl methyl sites for hydroxylation is 1. The molecule has 5 heteroatoms. The van der Waals surface area contributed by atoms with Gasteiger partial charge in [-0.15, -0.1) is 10.2 Å². The lowest BCUT2D eigenvalue weighted by molar-refractivity contribution is 0.309. The van der Waals surface area contributed by atoms with Crippen molar-refractivity contribution < 1.29 is 4.74 Å². The molecule has 1 aliphatic rings. The molecule has 0 saturated carbocycles. The van der Waals surface area contributed by atoms with Crippen LogP contribution in [0.1, 0.15) is 17.4 Å². The first kappa shape index (κ1) is 10.3. The summed E-state index contributed by atoms with van der Waals surface area (Å²) in [6.45, 7) is 1.37. The van der Waals surface area contributed by atoms with Gasteiger partial charge >= 0.3 is 0 Å². The number of fused-ring (bicyclic) bond motifs is 1. The highest BCUT2D eigenvalue weighted by atomic mass is 16.5. The smallest absolute Gasteiger partial charge is 0.146 e. The van der Waals surface area contributed by atoms with E-state index in [-0.39, 0.29) is 6.04 Å². The summed E-state index contributed by atoms with van der Waals surface area (Å²) in [5.41, 5.74) is 1.22. The summed E-state index contributed by atoms with van der Waals surface area (Å²) in [7, 11) is 1.94. The first-order valence-corrected chi connectivity index (χ1v) is 5.62. The Kier molecular flexibility index (Phi) is 2.53. The van der Waals surface area contributed by atoms with Gasteiger partial charge in [-0.3, -0.25) is 5.32 Å². The SMILES string of the molecule is Cn1cnnc1CNC1COc2ccccc21. The fourth-order valence-electron chi connectivity index (χ4n) is 2.01. The Balaban J connectivity index is 1.70. The second-order valence-corrected chi connectivity index (χ2v) is 4.14. The molecular weight excluding hydrogens is 216 g/mol. The molecule has 0 fully saturated rings. The molecule has 5 nitrogen and oxygen atoms in total. The van der Waals surface area contributed by atoms with Crippen molar-refractivity contribution in [3.63, 3.8) is 0 Å². The second kappa shape index (κ2) is 4.18. The van der Waals surface area contributed by atoms with Gasteiger partial charge in [0.1, 0.15) is 24.5 Å². The van der Waals surface area contributed by atoms with Crippen LogP contribution in [0.4, 0.5) is 0 Å². The number of aromatic nitrogens is 3. The highest BCUT2D eigenvalue weighted by molar-refractivity contribution is 5.39. The summed E-state index contributed by atoms with van der Waals surface area (Å²) < 4.78 is 7.52. The number of nitrogens with one attached hydrogen (secondary N) is 1. The predicted molar refractivity (Wildman–Crippen MR) is 62.5 cm³/mol. The predicted octanol–water partition coefficient (Wildman–Crippen LogP) is 1.04. The molecule has 88 valence electrons. The number of ether oxygens (including phenoxy) is 1. The molecule has 1 N–H and O–H groups in total. The van der Waals surface area contributed by atoms with Crippen molar-refractivity contribution >= 4 is 0 Å². The normalized spacial score (nSPS) is 17.8. The topological polar surface area (TPSA) is 52.0 Å². The first-order chi connectivity index (χ1) is 8.34. The molecule has 1 aliphatic heterocycles. The summed E-state index contributed by atoms with van der Waals surface area (Å²) >= 11 is 0. The van der Waals surface area contributed by atoms with E-state index in [2.05, 4.69) is 21.6 Å². The second-order valence-electron chi connectivity index (χ2n) is 4.14. The van der Waals surface area contributed by atoms with Crippen LogP contribution in [-0.4, -0.2) is 21.4 Å². The Labute approximate surface area is 99.4 Å². The maximum Gasteiger partial charge on any atom is 0.146 e. The minimum Gasteiger partial charge on any atom is -0.491 e. The van der Waals surface area contributed by atoms with E-state index in [0.29, 0.717) is 13.2 Å². The number of benzene rings is 1. The zero-order chi connectivity index (χ0) is 11.7. The van der Waals surface area contributed by atoms with Gasteiger partial charge < -0.3 is 9.30 Å². The summed E-state index contributed by atoms with van der Waals surface area (Å²) in [5, 5.41) is 11.3. The van der Waals surface area contributed by atoms with E-state index in [1.54, 1.807) is 6.33 Å². The summed E-state index contributed by atoms with van der Waals surface area (Å²) in [6, 6.07) is 8.35. The average Bonchev–Trinajstić information content (AvgIpc) is 2.93. The van der Waals surface area contributed by atoms with Crippen LogP contribution in [0, 0.1) is 0 Å². The van der Waals surface area contributed by atoms with Crippen molar-refractivity contribution in [2.24, 2.45) is 7.05 Å². The molecule has 2 aromatic rings. The largest absolute Gasteiger partial charge is 0.491 e. The van der Waals surface area contributed by atoms with Gasteiger partial charge in [-0.2, -0.15) is 0 Å². The standard InChI is InChI=1S/C12H14N4O/c1-16-8-14-15-12(16)6-13-10-7-17-11-5-3-2-4-9(10)11/h2-5,8,10,13H,6-7H2,1H3. The molecule has 1 atom stereocenters. The zero-order valence-corrected chi connectivity index (χ0v) is 9.63. The molecule has 1 unspecified atom stereocenters.